The van der Waals surface area contributed by atoms with Crippen LogP contribution in [0, 0.1) is 5.41 Å². The van der Waals surface area contributed by atoms with Gasteiger partial charge in [0.1, 0.15) is 0 Å². The first kappa shape index (κ1) is 15.4. The van der Waals surface area contributed by atoms with E-state index in [1.54, 1.807) is 0 Å². The molecule has 0 bridgehead atoms. The molecule has 0 radical (unpaired) electrons. The monoisotopic (exact) mass is 278 g/mol. The number of hydrogen-bond acceptors (Lipinski definition) is 5. The van der Waals surface area contributed by atoms with Crippen molar-refractivity contribution in [2.24, 2.45) is 5.41 Å². The maximum absolute atomic E-state index is 11.9. The Morgan fingerprint density at radius 1 is 1.28 bits per heavy atom. The van der Waals surface area contributed by atoms with Gasteiger partial charge in [-0.25, -0.2) is 8.42 Å². The molecule has 0 heterocycles. The molecule has 0 aromatic heterocycles. The number of esters is 1. The van der Waals surface area contributed by atoms with E-state index in [0.29, 0.717) is 6.61 Å². The molecule has 106 valence electrons. The topological polar surface area (TPSA) is 69.7 Å². The molecule has 18 heavy (non-hydrogen) atoms. The zero-order valence-corrected chi connectivity index (χ0v) is 11.9. The number of sulfone groups is 1. The Hall–Kier alpha value is -0.620. The molecule has 1 aliphatic carbocycles. The Morgan fingerprint density at radius 3 is 2.44 bits per heavy atom. The Kier molecular flexibility index (Phi) is 5.59. The number of carbonyl (C=O) groups excluding carboxylic acids is 1. The molecule has 1 aliphatic rings. The van der Waals surface area contributed by atoms with E-state index >= 15 is 0 Å². The van der Waals surface area contributed by atoms with E-state index in [-0.39, 0.29) is 35.9 Å². The number of rotatable bonds is 9. The minimum absolute atomic E-state index is 0.0376. The Labute approximate surface area is 109 Å². The highest BCUT2D eigenvalue weighted by Crippen LogP contribution is 2.50. The number of carbonyl (C=O) groups is 1. The third-order valence-electron chi connectivity index (χ3n) is 3.12. The van der Waals surface area contributed by atoms with Crippen molar-refractivity contribution < 1.29 is 22.7 Å². The van der Waals surface area contributed by atoms with Crippen LogP contribution in [-0.2, 0) is 24.1 Å². The lowest BCUT2D eigenvalue weighted by Crippen LogP contribution is -2.24. The summed E-state index contributed by atoms with van der Waals surface area (Å²) >= 11 is 0. The van der Waals surface area contributed by atoms with Crippen LogP contribution in [0.25, 0.3) is 0 Å². The van der Waals surface area contributed by atoms with Crippen LogP contribution in [0.3, 0.4) is 0 Å². The molecular formula is C12H22O5S. The summed E-state index contributed by atoms with van der Waals surface area (Å²) in [5, 5.41) is 0. The average Bonchev–Trinajstić information content (AvgIpc) is 3.03. The zero-order valence-electron chi connectivity index (χ0n) is 11.1. The standard InChI is InChI=1S/C12H22O5S/c1-3-6-17-7-8-18(14,15)10-12(4-5-12)9-11(13)16-2/h3-10H2,1-2H3. The molecule has 0 aliphatic heterocycles. The van der Waals surface area contributed by atoms with Crippen molar-refractivity contribution >= 4 is 15.8 Å². The van der Waals surface area contributed by atoms with Gasteiger partial charge >= 0.3 is 5.97 Å². The van der Waals surface area contributed by atoms with E-state index in [1.165, 1.54) is 7.11 Å². The quantitative estimate of drug-likeness (QED) is 0.468. The van der Waals surface area contributed by atoms with E-state index in [1.807, 2.05) is 6.92 Å². The van der Waals surface area contributed by atoms with Gasteiger partial charge < -0.3 is 9.47 Å². The molecule has 0 aromatic rings. The molecule has 0 N–H and O–H groups in total. The van der Waals surface area contributed by atoms with Gasteiger partial charge in [-0.1, -0.05) is 6.92 Å². The van der Waals surface area contributed by atoms with E-state index in [0.717, 1.165) is 19.3 Å². The van der Waals surface area contributed by atoms with Crippen molar-refractivity contribution in [2.45, 2.75) is 32.6 Å². The maximum Gasteiger partial charge on any atom is 0.306 e. The fourth-order valence-electron chi connectivity index (χ4n) is 1.90. The molecule has 1 rings (SSSR count). The molecule has 0 spiro atoms. The second-order valence-corrected chi connectivity index (χ2v) is 7.14. The molecule has 1 saturated carbocycles. The first-order chi connectivity index (χ1) is 8.43. The van der Waals surface area contributed by atoms with Crippen LogP contribution in [-0.4, -0.2) is 46.2 Å². The lowest BCUT2D eigenvalue weighted by atomic mass is 10.1. The minimum atomic E-state index is -3.14. The maximum atomic E-state index is 11.9. The van der Waals surface area contributed by atoms with Gasteiger partial charge in [0.2, 0.25) is 0 Å². The van der Waals surface area contributed by atoms with Crippen molar-refractivity contribution in [1.82, 2.24) is 0 Å². The third kappa shape index (κ3) is 5.35. The predicted octanol–water partition coefficient (Wildman–Crippen LogP) is 1.17. The normalized spacial score (nSPS) is 17.4. The number of ether oxygens (including phenoxy) is 2. The van der Waals surface area contributed by atoms with Gasteiger partial charge in [0.05, 0.1) is 31.6 Å². The van der Waals surface area contributed by atoms with Crippen LogP contribution in [0.2, 0.25) is 0 Å². The van der Waals surface area contributed by atoms with Crippen LogP contribution < -0.4 is 0 Å². The zero-order chi connectivity index (χ0) is 13.6. The van der Waals surface area contributed by atoms with Crippen molar-refractivity contribution in [3.8, 4) is 0 Å². The van der Waals surface area contributed by atoms with Gasteiger partial charge in [-0.3, -0.25) is 4.79 Å². The van der Waals surface area contributed by atoms with Crippen molar-refractivity contribution in [1.29, 1.82) is 0 Å². The fourth-order valence-corrected chi connectivity index (χ4v) is 3.74. The summed E-state index contributed by atoms with van der Waals surface area (Å²) in [5.41, 5.74) is -0.364. The summed E-state index contributed by atoms with van der Waals surface area (Å²) in [7, 11) is -1.82. The van der Waals surface area contributed by atoms with Gasteiger partial charge in [0.15, 0.2) is 9.84 Å². The molecular weight excluding hydrogens is 256 g/mol. The molecule has 0 unspecified atom stereocenters. The molecule has 1 fully saturated rings. The molecule has 5 nitrogen and oxygen atoms in total. The molecule has 0 aromatic carbocycles. The highest BCUT2D eigenvalue weighted by atomic mass is 32.2. The van der Waals surface area contributed by atoms with Crippen molar-refractivity contribution in [3.63, 3.8) is 0 Å². The highest BCUT2D eigenvalue weighted by molar-refractivity contribution is 7.91. The summed E-state index contributed by atoms with van der Waals surface area (Å²) < 4.78 is 33.6. The summed E-state index contributed by atoms with van der Waals surface area (Å²) in [4.78, 5) is 11.2. The Morgan fingerprint density at radius 2 is 1.94 bits per heavy atom. The lowest BCUT2D eigenvalue weighted by molar-refractivity contribution is -0.141. The van der Waals surface area contributed by atoms with E-state index in [9.17, 15) is 13.2 Å². The first-order valence-electron chi connectivity index (χ1n) is 6.28. The SMILES string of the molecule is CCCOCCS(=O)(=O)CC1(CC(=O)OC)CC1. The third-order valence-corrected chi connectivity index (χ3v) is 4.96. The fraction of sp³-hybridized carbons (Fsp3) is 0.917. The van der Waals surface area contributed by atoms with Crippen molar-refractivity contribution in [3.05, 3.63) is 0 Å². The van der Waals surface area contributed by atoms with E-state index in [2.05, 4.69) is 4.74 Å². The van der Waals surface area contributed by atoms with Gasteiger partial charge in [0, 0.05) is 6.61 Å². The second-order valence-electron chi connectivity index (χ2n) is 4.96. The molecule has 6 heteroatoms. The largest absolute Gasteiger partial charge is 0.469 e. The average molecular weight is 278 g/mol. The van der Waals surface area contributed by atoms with E-state index < -0.39 is 9.84 Å². The van der Waals surface area contributed by atoms with Crippen LogP contribution in [0.4, 0.5) is 0 Å². The van der Waals surface area contributed by atoms with Crippen LogP contribution in [0.5, 0.6) is 0 Å². The molecule has 0 atom stereocenters. The summed E-state index contributed by atoms with van der Waals surface area (Å²) in [6.45, 7) is 2.80. The van der Waals surface area contributed by atoms with Gasteiger partial charge in [-0.15, -0.1) is 0 Å². The highest BCUT2D eigenvalue weighted by Gasteiger charge is 2.47. The predicted molar refractivity (Wildman–Crippen MR) is 68.1 cm³/mol. The van der Waals surface area contributed by atoms with Gasteiger partial charge in [0.25, 0.3) is 0 Å². The number of methoxy groups -OCH3 is 1. The first-order valence-corrected chi connectivity index (χ1v) is 8.10. The van der Waals surface area contributed by atoms with Gasteiger partial charge in [-0.05, 0) is 24.7 Å². The smallest absolute Gasteiger partial charge is 0.306 e. The minimum Gasteiger partial charge on any atom is -0.469 e. The summed E-state index contributed by atoms with van der Waals surface area (Å²) in [6.07, 6.45) is 2.67. The van der Waals surface area contributed by atoms with Crippen LogP contribution >= 0.6 is 0 Å². The van der Waals surface area contributed by atoms with Crippen molar-refractivity contribution in [2.75, 3.05) is 31.8 Å². The van der Waals surface area contributed by atoms with Gasteiger partial charge in [-0.2, -0.15) is 0 Å². The summed E-state index contributed by atoms with van der Waals surface area (Å²) in [6, 6.07) is 0. The summed E-state index contributed by atoms with van der Waals surface area (Å²) in [5.74, 6) is -0.217. The Balaban J connectivity index is 2.38. The second kappa shape index (κ2) is 6.52. The lowest BCUT2D eigenvalue weighted by Gasteiger charge is -2.13. The molecule has 0 saturated heterocycles. The van der Waals surface area contributed by atoms with E-state index in [4.69, 9.17) is 4.74 Å². The molecule has 0 amide bonds. The Bertz CT molecular complexity index is 370. The van der Waals surface area contributed by atoms with Crippen LogP contribution in [0.15, 0.2) is 0 Å². The van der Waals surface area contributed by atoms with Crippen LogP contribution in [0.1, 0.15) is 32.6 Å². The number of hydrogen-bond donors (Lipinski definition) is 0.